The van der Waals surface area contributed by atoms with Crippen LogP contribution in [0.2, 0.25) is 0 Å². The van der Waals surface area contributed by atoms with Crippen molar-refractivity contribution in [3.8, 4) is 0 Å². The molecule has 3 nitrogen and oxygen atoms in total. The van der Waals surface area contributed by atoms with E-state index in [1.54, 1.807) is 0 Å². The van der Waals surface area contributed by atoms with E-state index in [1.165, 1.54) is 36.1 Å². The summed E-state index contributed by atoms with van der Waals surface area (Å²) in [6.45, 7) is 1.60. The van der Waals surface area contributed by atoms with E-state index < -0.39 is 11.6 Å². The van der Waals surface area contributed by atoms with Crippen molar-refractivity contribution in [3.63, 3.8) is 0 Å². The summed E-state index contributed by atoms with van der Waals surface area (Å²) >= 11 is 0. The van der Waals surface area contributed by atoms with Crippen LogP contribution in [0.5, 0.6) is 0 Å². The van der Waals surface area contributed by atoms with Crippen molar-refractivity contribution in [2.24, 2.45) is 0 Å². The second-order valence-electron chi connectivity index (χ2n) is 3.72. The van der Waals surface area contributed by atoms with E-state index in [0.717, 1.165) is 6.07 Å². The molecule has 0 saturated carbocycles. The third-order valence-corrected chi connectivity index (χ3v) is 2.39. The number of nitrogens with zero attached hydrogens (tertiary/aromatic N) is 2. The fourth-order valence-corrected chi connectivity index (χ4v) is 1.46. The van der Waals surface area contributed by atoms with Gasteiger partial charge in [0.15, 0.2) is 5.78 Å². The lowest BCUT2D eigenvalue weighted by Gasteiger charge is -2.03. The minimum Gasteiger partial charge on any atom is -0.294 e. The van der Waals surface area contributed by atoms with Gasteiger partial charge >= 0.3 is 0 Å². The first-order chi connectivity index (χ1) is 8.06. The molecule has 0 fully saturated rings. The zero-order valence-electron chi connectivity index (χ0n) is 9.15. The quantitative estimate of drug-likeness (QED) is 0.767. The van der Waals surface area contributed by atoms with Crippen molar-refractivity contribution in [2.45, 2.75) is 13.5 Å². The summed E-state index contributed by atoms with van der Waals surface area (Å²) in [6.07, 6.45) is 2.95. The lowest BCUT2D eigenvalue weighted by Crippen LogP contribution is -2.02. The number of hydrogen-bond acceptors (Lipinski definition) is 2. The molecule has 0 atom stereocenters. The van der Waals surface area contributed by atoms with E-state index >= 15 is 0 Å². The lowest BCUT2D eigenvalue weighted by atomic mass is 10.2. The molecule has 0 unspecified atom stereocenters. The first kappa shape index (κ1) is 11.4. The Bertz CT molecular complexity index is 563. The lowest BCUT2D eigenvalue weighted by molar-refractivity contribution is 0.101. The van der Waals surface area contributed by atoms with Crippen LogP contribution in [0.15, 0.2) is 30.6 Å². The highest BCUT2D eigenvalue weighted by Gasteiger charge is 2.07. The average Bonchev–Trinajstić information content (AvgIpc) is 2.71. The molecule has 0 spiro atoms. The van der Waals surface area contributed by atoms with Gasteiger partial charge in [0.1, 0.15) is 11.6 Å². The van der Waals surface area contributed by atoms with Gasteiger partial charge in [-0.25, -0.2) is 8.78 Å². The Kier molecular flexibility index (Phi) is 2.99. The number of carbonyl (C=O) groups is 1. The van der Waals surface area contributed by atoms with E-state index in [4.69, 9.17) is 0 Å². The van der Waals surface area contributed by atoms with Crippen molar-refractivity contribution < 1.29 is 13.6 Å². The molecule has 0 radical (unpaired) electrons. The molecule has 2 aromatic rings. The molecule has 0 aliphatic rings. The summed E-state index contributed by atoms with van der Waals surface area (Å²) in [5.41, 5.74) is 0.789. The molecule has 0 N–H and O–H groups in total. The maximum Gasteiger partial charge on any atom is 0.162 e. The monoisotopic (exact) mass is 236 g/mol. The van der Waals surface area contributed by atoms with Crippen LogP contribution in [-0.4, -0.2) is 15.6 Å². The number of benzene rings is 1. The molecule has 0 saturated heterocycles. The van der Waals surface area contributed by atoms with Crippen LogP contribution in [0, 0.1) is 11.6 Å². The molecule has 1 aromatic carbocycles. The van der Waals surface area contributed by atoms with E-state index in [9.17, 15) is 13.6 Å². The Morgan fingerprint density at radius 2 is 2.18 bits per heavy atom. The molecule has 5 heteroatoms. The van der Waals surface area contributed by atoms with Gasteiger partial charge < -0.3 is 0 Å². The van der Waals surface area contributed by atoms with Crippen molar-refractivity contribution >= 4 is 5.78 Å². The van der Waals surface area contributed by atoms with Crippen LogP contribution in [0.4, 0.5) is 8.78 Å². The Morgan fingerprint density at radius 1 is 1.41 bits per heavy atom. The highest BCUT2D eigenvalue weighted by atomic mass is 19.1. The van der Waals surface area contributed by atoms with Crippen LogP contribution in [0.3, 0.4) is 0 Å². The van der Waals surface area contributed by atoms with Gasteiger partial charge in [0.25, 0.3) is 0 Å². The van der Waals surface area contributed by atoms with Gasteiger partial charge in [-0.15, -0.1) is 0 Å². The number of hydrogen-bond donors (Lipinski definition) is 0. The highest BCUT2D eigenvalue weighted by Crippen LogP contribution is 2.11. The van der Waals surface area contributed by atoms with Crippen LogP contribution in [-0.2, 0) is 6.54 Å². The van der Waals surface area contributed by atoms with Crippen LogP contribution < -0.4 is 0 Å². The number of rotatable bonds is 3. The zero-order chi connectivity index (χ0) is 12.4. The molecule has 17 heavy (non-hydrogen) atoms. The molecular weight excluding hydrogens is 226 g/mol. The van der Waals surface area contributed by atoms with Gasteiger partial charge in [-0.2, -0.15) is 5.10 Å². The first-order valence-electron chi connectivity index (χ1n) is 5.03. The van der Waals surface area contributed by atoms with Gasteiger partial charge in [0.05, 0.1) is 18.3 Å². The predicted octanol–water partition coefficient (Wildman–Crippen LogP) is 2.41. The molecule has 2 rings (SSSR count). The summed E-state index contributed by atoms with van der Waals surface area (Å²) in [7, 11) is 0. The Morgan fingerprint density at radius 3 is 2.76 bits per heavy atom. The van der Waals surface area contributed by atoms with Gasteiger partial charge in [-0.3, -0.25) is 9.48 Å². The first-order valence-corrected chi connectivity index (χ1v) is 5.03. The molecular formula is C12H10F2N2O. The summed E-state index contributed by atoms with van der Waals surface area (Å²) < 4.78 is 27.5. The fraction of sp³-hybridized carbons (Fsp3) is 0.167. The minimum absolute atomic E-state index is 0.101. The summed E-state index contributed by atoms with van der Waals surface area (Å²) in [5.74, 6) is -1.34. The molecule has 1 aromatic heterocycles. The maximum absolute atomic E-state index is 13.4. The van der Waals surface area contributed by atoms with Gasteiger partial charge in [0, 0.05) is 17.8 Å². The topological polar surface area (TPSA) is 34.9 Å². The van der Waals surface area contributed by atoms with E-state index in [-0.39, 0.29) is 12.3 Å². The van der Waals surface area contributed by atoms with Crippen LogP contribution in [0.25, 0.3) is 0 Å². The third kappa shape index (κ3) is 2.55. The number of halogens is 2. The number of Topliss-reactive ketones (excluding diaryl/α,β-unsaturated/α-hetero) is 1. The largest absolute Gasteiger partial charge is 0.294 e. The summed E-state index contributed by atoms with van der Waals surface area (Å²) in [5, 5.41) is 3.93. The third-order valence-electron chi connectivity index (χ3n) is 2.39. The van der Waals surface area contributed by atoms with Crippen molar-refractivity contribution in [1.29, 1.82) is 0 Å². The smallest absolute Gasteiger partial charge is 0.162 e. The summed E-state index contributed by atoms with van der Waals surface area (Å²) in [6, 6.07) is 3.37. The highest BCUT2D eigenvalue weighted by molar-refractivity contribution is 5.93. The normalized spacial score (nSPS) is 10.5. The standard InChI is InChI=1S/C12H10F2N2O/c1-8(17)10-5-15-16(7-10)6-9-2-3-11(13)4-12(9)14/h2-5,7H,6H2,1H3. The van der Waals surface area contributed by atoms with Crippen molar-refractivity contribution in [2.75, 3.05) is 0 Å². The molecule has 0 aliphatic carbocycles. The SMILES string of the molecule is CC(=O)c1cnn(Cc2ccc(F)cc2F)c1. The Hall–Kier alpha value is -2.04. The molecule has 0 amide bonds. The number of ketones is 1. The molecule has 0 aliphatic heterocycles. The second kappa shape index (κ2) is 4.45. The average molecular weight is 236 g/mol. The zero-order valence-corrected chi connectivity index (χ0v) is 9.15. The van der Waals surface area contributed by atoms with Crippen LogP contribution >= 0.6 is 0 Å². The van der Waals surface area contributed by atoms with Crippen molar-refractivity contribution in [3.05, 3.63) is 53.4 Å². The van der Waals surface area contributed by atoms with Gasteiger partial charge in [-0.1, -0.05) is 6.07 Å². The predicted molar refractivity (Wildman–Crippen MR) is 57.7 cm³/mol. The van der Waals surface area contributed by atoms with Gasteiger partial charge in [0.2, 0.25) is 0 Å². The fourth-order valence-electron chi connectivity index (χ4n) is 1.46. The maximum atomic E-state index is 13.4. The van der Waals surface area contributed by atoms with Crippen LogP contribution in [0.1, 0.15) is 22.8 Å². The minimum atomic E-state index is -0.620. The second-order valence-corrected chi connectivity index (χ2v) is 3.72. The summed E-state index contributed by atoms with van der Waals surface area (Å²) in [4.78, 5) is 11.0. The molecule has 0 bridgehead atoms. The van der Waals surface area contributed by atoms with E-state index in [1.807, 2.05) is 0 Å². The Labute approximate surface area is 96.7 Å². The van der Waals surface area contributed by atoms with E-state index in [2.05, 4.69) is 5.10 Å². The van der Waals surface area contributed by atoms with Gasteiger partial charge in [-0.05, 0) is 13.0 Å². The molecule has 88 valence electrons. The van der Waals surface area contributed by atoms with Crippen molar-refractivity contribution in [1.82, 2.24) is 9.78 Å². The molecule has 1 heterocycles. The Balaban J connectivity index is 2.22. The number of carbonyl (C=O) groups excluding carboxylic acids is 1. The number of aromatic nitrogens is 2. The van der Waals surface area contributed by atoms with E-state index in [0.29, 0.717) is 11.1 Å².